The van der Waals surface area contributed by atoms with Crippen molar-refractivity contribution in [1.82, 2.24) is 25.0 Å². The fourth-order valence-corrected chi connectivity index (χ4v) is 2.74. The number of nitrogens with one attached hydrogen (secondary N) is 1. The highest BCUT2D eigenvalue weighted by Crippen LogP contribution is 2.19. The second kappa shape index (κ2) is 7.01. The first kappa shape index (κ1) is 14.5. The molecule has 1 aromatic heterocycles. The maximum absolute atomic E-state index is 4.44. The molecule has 0 aromatic carbocycles. The summed E-state index contributed by atoms with van der Waals surface area (Å²) < 4.78 is 2.06. The van der Waals surface area contributed by atoms with E-state index >= 15 is 0 Å². The van der Waals surface area contributed by atoms with E-state index in [4.69, 9.17) is 0 Å². The number of aromatic nitrogens is 3. The maximum atomic E-state index is 4.44. The van der Waals surface area contributed by atoms with Crippen molar-refractivity contribution in [3.05, 3.63) is 12.2 Å². The van der Waals surface area contributed by atoms with Gasteiger partial charge in [0.25, 0.3) is 0 Å². The molecular weight excluding hydrogens is 238 g/mol. The molecule has 0 amide bonds. The molecule has 0 radical (unpaired) electrons. The van der Waals surface area contributed by atoms with E-state index in [1.807, 2.05) is 0 Å². The van der Waals surface area contributed by atoms with Crippen molar-refractivity contribution in [2.45, 2.75) is 52.7 Å². The number of hydrogen-bond donors (Lipinski definition) is 1. The second-order valence-corrected chi connectivity index (χ2v) is 5.83. The largest absolute Gasteiger partial charge is 0.315 e. The van der Waals surface area contributed by atoms with Gasteiger partial charge in [-0.05, 0) is 31.8 Å². The Morgan fingerprint density at radius 1 is 1.47 bits per heavy atom. The van der Waals surface area contributed by atoms with E-state index in [-0.39, 0.29) is 0 Å². The predicted octanol–water partition coefficient (Wildman–Crippen LogP) is 1.51. The van der Waals surface area contributed by atoms with Crippen LogP contribution in [-0.4, -0.2) is 45.3 Å². The van der Waals surface area contributed by atoms with Gasteiger partial charge in [0.2, 0.25) is 0 Å². The van der Waals surface area contributed by atoms with Crippen molar-refractivity contribution in [3.63, 3.8) is 0 Å². The molecule has 2 rings (SSSR count). The van der Waals surface area contributed by atoms with Gasteiger partial charge in [0.15, 0.2) is 0 Å². The van der Waals surface area contributed by atoms with Crippen LogP contribution >= 0.6 is 0 Å². The van der Waals surface area contributed by atoms with Crippen molar-refractivity contribution in [1.29, 1.82) is 0 Å². The first-order valence-corrected chi connectivity index (χ1v) is 7.52. The van der Waals surface area contributed by atoms with Crippen LogP contribution in [0.15, 0.2) is 6.33 Å². The quantitative estimate of drug-likeness (QED) is 0.812. The summed E-state index contributed by atoms with van der Waals surface area (Å²) in [5, 5.41) is 7.81. The van der Waals surface area contributed by atoms with Gasteiger partial charge in [0.1, 0.15) is 12.2 Å². The SMILES string of the molecule is CCNCC1CCCN1Cc1ncnn1CC(C)C. The van der Waals surface area contributed by atoms with Gasteiger partial charge in [-0.1, -0.05) is 20.8 Å². The molecule has 0 saturated carbocycles. The number of likely N-dealkylation sites (N-methyl/N-ethyl adjacent to an activating group) is 1. The van der Waals surface area contributed by atoms with Crippen LogP contribution in [0.5, 0.6) is 0 Å². The van der Waals surface area contributed by atoms with E-state index in [0.717, 1.165) is 32.0 Å². The molecule has 0 spiro atoms. The number of rotatable bonds is 7. The summed E-state index contributed by atoms with van der Waals surface area (Å²) in [5.41, 5.74) is 0. The Morgan fingerprint density at radius 3 is 3.05 bits per heavy atom. The molecule has 0 bridgehead atoms. The van der Waals surface area contributed by atoms with Gasteiger partial charge >= 0.3 is 0 Å². The van der Waals surface area contributed by atoms with Crippen molar-refractivity contribution >= 4 is 0 Å². The zero-order chi connectivity index (χ0) is 13.7. The van der Waals surface area contributed by atoms with Crippen LogP contribution < -0.4 is 5.32 Å². The average molecular weight is 265 g/mol. The number of hydrogen-bond acceptors (Lipinski definition) is 4. The van der Waals surface area contributed by atoms with Gasteiger partial charge < -0.3 is 5.32 Å². The third kappa shape index (κ3) is 4.01. The van der Waals surface area contributed by atoms with E-state index in [1.54, 1.807) is 6.33 Å². The molecule has 1 atom stereocenters. The summed E-state index contributed by atoms with van der Waals surface area (Å²) in [7, 11) is 0. The lowest BCUT2D eigenvalue weighted by Crippen LogP contribution is -2.38. The van der Waals surface area contributed by atoms with Gasteiger partial charge in [-0.15, -0.1) is 0 Å². The molecule has 1 aliphatic heterocycles. The maximum Gasteiger partial charge on any atom is 0.141 e. The molecular formula is C14H27N5. The smallest absolute Gasteiger partial charge is 0.141 e. The Labute approximate surface area is 116 Å². The van der Waals surface area contributed by atoms with Crippen LogP contribution in [0.4, 0.5) is 0 Å². The molecule has 1 fully saturated rings. The van der Waals surface area contributed by atoms with Gasteiger partial charge in [0, 0.05) is 19.1 Å². The van der Waals surface area contributed by atoms with Gasteiger partial charge in [-0.2, -0.15) is 5.10 Å². The van der Waals surface area contributed by atoms with Crippen LogP contribution in [0, 0.1) is 5.92 Å². The second-order valence-electron chi connectivity index (χ2n) is 5.83. The van der Waals surface area contributed by atoms with Crippen LogP contribution in [-0.2, 0) is 13.1 Å². The summed E-state index contributed by atoms with van der Waals surface area (Å²) in [6.07, 6.45) is 4.28. The van der Waals surface area contributed by atoms with Crippen molar-refractivity contribution in [2.24, 2.45) is 5.92 Å². The Morgan fingerprint density at radius 2 is 2.32 bits per heavy atom. The standard InChI is InChI=1S/C14H27N5/c1-4-15-8-13-6-5-7-18(13)10-14-16-11-17-19(14)9-12(2)3/h11-13,15H,4-10H2,1-3H3. The normalized spacial score (nSPS) is 20.5. The van der Waals surface area contributed by atoms with Crippen LogP contribution in [0.1, 0.15) is 39.4 Å². The fraction of sp³-hybridized carbons (Fsp3) is 0.857. The van der Waals surface area contributed by atoms with Gasteiger partial charge in [-0.3, -0.25) is 4.90 Å². The molecule has 108 valence electrons. The minimum atomic E-state index is 0.608. The van der Waals surface area contributed by atoms with Crippen LogP contribution in [0.3, 0.4) is 0 Å². The lowest BCUT2D eigenvalue weighted by Gasteiger charge is -2.24. The summed E-state index contributed by atoms with van der Waals surface area (Å²) in [6, 6.07) is 0.657. The fourth-order valence-electron chi connectivity index (χ4n) is 2.74. The number of nitrogens with zero attached hydrogens (tertiary/aromatic N) is 4. The monoisotopic (exact) mass is 265 g/mol. The van der Waals surface area contributed by atoms with E-state index in [1.165, 1.54) is 19.4 Å². The molecule has 5 nitrogen and oxygen atoms in total. The topological polar surface area (TPSA) is 46.0 Å². The van der Waals surface area contributed by atoms with E-state index in [2.05, 4.69) is 45.8 Å². The molecule has 1 saturated heterocycles. The molecule has 1 N–H and O–H groups in total. The van der Waals surface area contributed by atoms with Gasteiger partial charge in [0.05, 0.1) is 6.54 Å². The van der Waals surface area contributed by atoms with Crippen molar-refractivity contribution in [2.75, 3.05) is 19.6 Å². The Balaban J connectivity index is 1.94. The van der Waals surface area contributed by atoms with Gasteiger partial charge in [-0.25, -0.2) is 9.67 Å². The first-order valence-electron chi connectivity index (χ1n) is 7.52. The molecule has 2 heterocycles. The zero-order valence-corrected chi connectivity index (χ0v) is 12.5. The lowest BCUT2D eigenvalue weighted by atomic mass is 10.2. The molecule has 1 aromatic rings. The lowest BCUT2D eigenvalue weighted by molar-refractivity contribution is 0.228. The molecule has 1 aliphatic rings. The Bertz CT molecular complexity index is 374. The summed E-state index contributed by atoms with van der Waals surface area (Å²) in [6.45, 7) is 11.8. The highest BCUT2D eigenvalue weighted by atomic mass is 15.4. The molecule has 19 heavy (non-hydrogen) atoms. The average Bonchev–Trinajstić information content (AvgIpc) is 2.97. The van der Waals surface area contributed by atoms with Crippen molar-refractivity contribution in [3.8, 4) is 0 Å². The minimum absolute atomic E-state index is 0.608. The van der Waals surface area contributed by atoms with E-state index in [9.17, 15) is 0 Å². The van der Waals surface area contributed by atoms with E-state index in [0.29, 0.717) is 12.0 Å². The summed E-state index contributed by atoms with van der Waals surface area (Å²) in [5.74, 6) is 1.72. The number of likely N-dealkylation sites (tertiary alicyclic amines) is 1. The van der Waals surface area contributed by atoms with Crippen LogP contribution in [0.2, 0.25) is 0 Å². The Hall–Kier alpha value is -0.940. The highest BCUT2D eigenvalue weighted by Gasteiger charge is 2.25. The summed E-state index contributed by atoms with van der Waals surface area (Å²) in [4.78, 5) is 6.98. The zero-order valence-electron chi connectivity index (χ0n) is 12.5. The molecule has 1 unspecified atom stereocenters. The highest BCUT2D eigenvalue weighted by molar-refractivity contribution is 4.90. The molecule has 5 heteroatoms. The molecule has 0 aliphatic carbocycles. The van der Waals surface area contributed by atoms with Crippen LogP contribution in [0.25, 0.3) is 0 Å². The van der Waals surface area contributed by atoms with E-state index < -0.39 is 0 Å². The summed E-state index contributed by atoms with van der Waals surface area (Å²) >= 11 is 0. The third-order valence-corrected chi connectivity index (χ3v) is 3.71. The Kier molecular flexibility index (Phi) is 5.34. The first-order chi connectivity index (χ1) is 9.20. The minimum Gasteiger partial charge on any atom is -0.315 e. The third-order valence-electron chi connectivity index (χ3n) is 3.71. The predicted molar refractivity (Wildman–Crippen MR) is 76.8 cm³/mol. The van der Waals surface area contributed by atoms with Crippen molar-refractivity contribution < 1.29 is 0 Å².